The second-order valence-electron chi connectivity index (χ2n) is 5.97. The zero-order chi connectivity index (χ0) is 18.7. The lowest BCUT2D eigenvalue weighted by atomic mass is 10.1. The molecule has 0 spiro atoms. The van der Waals surface area contributed by atoms with Crippen LogP contribution in [0.15, 0.2) is 53.6 Å². The van der Waals surface area contributed by atoms with E-state index in [1.54, 1.807) is 18.2 Å². The summed E-state index contributed by atoms with van der Waals surface area (Å²) in [6.45, 7) is 0.455. The molecule has 6 nitrogen and oxygen atoms in total. The zero-order valence-corrected chi connectivity index (χ0v) is 15.4. The summed E-state index contributed by atoms with van der Waals surface area (Å²) in [5, 5.41) is 9.49. The maximum Gasteiger partial charge on any atom is 0.238 e. The van der Waals surface area contributed by atoms with Crippen LogP contribution in [0.25, 0.3) is 10.9 Å². The van der Waals surface area contributed by atoms with Crippen LogP contribution in [0.2, 0.25) is 5.02 Å². The molecule has 0 fully saturated rings. The molecule has 0 saturated carbocycles. The van der Waals surface area contributed by atoms with Crippen LogP contribution in [0.5, 0.6) is 0 Å². The number of nitrogens with two attached hydrogens (primary N) is 1. The molecule has 1 aromatic heterocycles. The Morgan fingerprint density at radius 1 is 1.15 bits per heavy atom. The van der Waals surface area contributed by atoms with Gasteiger partial charge in [0.2, 0.25) is 15.9 Å². The highest BCUT2D eigenvalue weighted by molar-refractivity contribution is 7.89. The van der Waals surface area contributed by atoms with Crippen molar-refractivity contribution in [1.29, 1.82) is 0 Å². The minimum atomic E-state index is -3.69. The molecule has 136 valence electrons. The first-order chi connectivity index (χ1) is 12.3. The molecule has 3 aromatic rings. The minimum Gasteiger partial charge on any atom is -0.361 e. The molecule has 3 rings (SSSR count). The van der Waals surface area contributed by atoms with Gasteiger partial charge in [-0.15, -0.1) is 0 Å². The second kappa shape index (κ2) is 7.49. The number of H-pyrrole nitrogens is 1. The number of rotatable bonds is 6. The maximum atomic E-state index is 12.2. The van der Waals surface area contributed by atoms with E-state index in [0.717, 1.165) is 22.0 Å². The Balaban J connectivity index is 1.55. The van der Waals surface area contributed by atoms with Crippen molar-refractivity contribution < 1.29 is 13.2 Å². The van der Waals surface area contributed by atoms with Crippen molar-refractivity contribution in [3.05, 3.63) is 64.8 Å². The van der Waals surface area contributed by atoms with Gasteiger partial charge in [0.15, 0.2) is 0 Å². The standard InChI is InChI=1S/C18H18ClN3O3S/c19-14-3-6-17-16(10-14)13(11-22-17)9-18(23)21-8-7-12-1-4-15(5-2-12)26(20,24)25/h1-6,10-11,22H,7-9H2,(H,21,23)(H2,20,24,25). The Labute approximate surface area is 156 Å². The Bertz CT molecular complexity index is 1040. The summed E-state index contributed by atoms with van der Waals surface area (Å²) in [6.07, 6.45) is 2.66. The molecule has 8 heteroatoms. The third-order valence-corrected chi connectivity index (χ3v) is 5.23. The molecule has 1 heterocycles. The van der Waals surface area contributed by atoms with Gasteiger partial charge in [-0.1, -0.05) is 23.7 Å². The molecule has 0 saturated heterocycles. The molecule has 0 aliphatic heterocycles. The highest BCUT2D eigenvalue weighted by Crippen LogP contribution is 2.22. The van der Waals surface area contributed by atoms with E-state index in [1.807, 2.05) is 18.3 Å². The number of benzene rings is 2. The van der Waals surface area contributed by atoms with Gasteiger partial charge in [0.05, 0.1) is 11.3 Å². The van der Waals surface area contributed by atoms with E-state index in [0.29, 0.717) is 18.0 Å². The van der Waals surface area contributed by atoms with Crippen LogP contribution in [0.1, 0.15) is 11.1 Å². The fourth-order valence-electron chi connectivity index (χ4n) is 2.72. The van der Waals surface area contributed by atoms with Gasteiger partial charge >= 0.3 is 0 Å². The fraction of sp³-hybridized carbons (Fsp3) is 0.167. The van der Waals surface area contributed by atoms with E-state index >= 15 is 0 Å². The molecular formula is C18H18ClN3O3S. The number of nitrogens with one attached hydrogen (secondary N) is 2. The number of fused-ring (bicyclic) bond motifs is 1. The van der Waals surface area contributed by atoms with Crippen molar-refractivity contribution in [1.82, 2.24) is 10.3 Å². The van der Waals surface area contributed by atoms with Crippen molar-refractivity contribution in [2.45, 2.75) is 17.7 Å². The molecule has 0 unspecified atom stereocenters. The first-order valence-corrected chi connectivity index (χ1v) is 9.89. The van der Waals surface area contributed by atoms with Crippen molar-refractivity contribution >= 4 is 38.4 Å². The third-order valence-electron chi connectivity index (χ3n) is 4.07. The van der Waals surface area contributed by atoms with E-state index in [9.17, 15) is 13.2 Å². The topological polar surface area (TPSA) is 105 Å². The van der Waals surface area contributed by atoms with E-state index in [-0.39, 0.29) is 17.2 Å². The molecular weight excluding hydrogens is 374 g/mol. The van der Waals surface area contributed by atoms with E-state index in [2.05, 4.69) is 10.3 Å². The summed E-state index contributed by atoms with van der Waals surface area (Å²) >= 11 is 6.01. The molecule has 0 aliphatic rings. The second-order valence-corrected chi connectivity index (χ2v) is 7.97. The van der Waals surface area contributed by atoms with E-state index in [1.165, 1.54) is 12.1 Å². The molecule has 0 radical (unpaired) electrons. The SMILES string of the molecule is NS(=O)(=O)c1ccc(CCNC(=O)Cc2c[nH]c3ccc(Cl)cc23)cc1. The average Bonchev–Trinajstić information content (AvgIpc) is 2.96. The summed E-state index contributed by atoms with van der Waals surface area (Å²) < 4.78 is 22.4. The van der Waals surface area contributed by atoms with Crippen molar-refractivity contribution in [2.75, 3.05) is 6.54 Å². The van der Waals surface area contributed by atoms with Gasteiger partial charge in [0, 0.05) is 28.7 Å². The van der Waals surface area contributed by atoms with Crippen molar-refractivity contribution in [3.8, 4) is 0 Å². The van der Waals surface area contributed by atoms with Gasteiger partial charge in [0.25, 0.3) is 0 Å². The highest BCUT2D eigenvalue weighted by atomic mass is 35.5. The predicted molar refractivity (Wildman–Crippen MR) is 102 cm³/mol. The molecule has 0 aliphatic carbocycles. The molecule has 2 aromatic carbocycles. The number of amides is 1. The van der Waals surface area contributed by atoms with Crippen molar-refractivity contribution in [2.24, 2.45) is 5.14 Å². The molecule has 0 atom stereocenters. The fourth-order valence-corrected chi connectivity index (χ4v) is 3.41. The summed E-state index contributed by atoms with van der Waals surface area (Å²) in [5.41, 5.74) is 2.74. The van der Waals surface area contributed by atoms with Gasteiger partial charge in [-0.05, 0) is 47.9 Å². The van der Waals surface area contributed by atoms with Crippen LogP contribution >= 0.6 is 11.6 Å². The summed E-state index contributed by atoms with van der Waals surface area (Å²) in [5.74, 6) is -0.0907. The number of aromatic nitrogens is 1. The Kier molecular flexibility index (Phi) is 5.31. The van der Waals surface area contributed by atoms with Gasteiger partial charge < -0.3 is 10.3 Å². The number of carbonyl (C=O) groups is 1. The smallest absolute Gasteiger partial charge is 0.238 e. The average molecular weight is 392 g/mol. The maximum absolute atomic E-state index is 12.2. The van der Waals surface area contributed by atoms with Gasteiger partial charge in [-0.25, -0.2) is 13.6 Å². The first kappa shape index (κ1) is 18.4. The van der Waals surface area contributed by atoms with Crippen LogP contribution in [-0.2, 0) is 27.7 Å². The Morgan fingerprint density at radius 3 is 2.58 bits per heavy atom. The number of carbonyl (C=O) groups excluding carboxylic acids is 1. The molecule has 1 amide bonds. The van der Waals surface area contributed by atoms with Crippen LogP contribution in [0.3, 0.4) is 0 Å². The van der Waals surface area contributed by atoms with E-state index < -0.39 is 10.0 Å². The minimum absolute atomic E-state index is 0.0725. The first-order valence-electron chi connectivity index (χ1n) is 7.97. The number of primary sulfonamides is 1. The summed E-state index contributed by atoms with van der Waals surface area (Å²) in [7, 11) is -3.69. The Hall–Kier alpha value is -2.35. The largest absolute Gasteiger partial charge is 0.361 e. The lowest BCUT2D eigenvalue weighted by Crippen LogP contribution is -2.27. The number of hydrogen-bond donors (Lipinski definition) is 3. The normalized spacial score (nSPS) is 11.6. The number of sulfonamides is 1. The number of hydrogen-bond acceptors (Lipinski definition) is 3. The van der Waals surface area contributed by atoms with Gasteiger partial charge in [0.1, 0.15) is 0 Å². The highest BCUT2D eigenvalue weighted by Gasteiger charge is 2.10. The zero-order valence-electron chi connectivity index (χ0n) is 13.8. The lowest BCUT2D eigenvalue weighted by molar-refractivity contribution is -0.120. The summed E-state index contributed by atoms with van der Waals surface area (Å²) in [4.78, 5) is 15.4. The van der Waals surface area contributed by atoms with Crippen LogP contribution < -0.4 is 10.5 Å². The number of aromatic amines is 1. The monoisotopic (exact) mass is 391 g/mol. The van der Waals surface area contributed by atoms with Crippen molar-refractivity contribution in [3.63, 3.8) is 0 Å². The van der Waals surface area contributed by atoms with E-state index in [4.69, 9.17) is 16.7 Å². The van der Waals surface area contributed by atoms with Gasteiger partial charge in [-0.3, -0.25) is 4.79 Å². The van der Waals surface area contributed by atoms with Crippen LogP contribution in [0, 0.1) is 0 Å². The quantitative estimate of drug-likeness (QED) is 0.600. The Morgan fingerprint density at radius 2 is 1.88 bits per heavy atom. The van der Waals surface area contributed by atoms with Crippen LogP contribution in [0.4, 0.5) is 0 Å². The lowest BCUT2D eigenvalue weighted by Gasteiger charge is -2.06. The molecule has 0 bridgehead atoms. The molecule has 4 N–H and O–H groups in total. The third kappa shape index (κ3) is 4.43. The molecule has 26 heavy (non-hydrogen) atoms. The van der Waals surface area contributed by atoms with Crippen LogP contribution in [-0.4, -0.2) is 25.9 Å². The summed E-state index contributed by atoms with van der Waals surface area (Å²) in [6, 6.07) is 11.8. The predicted octanol–water partition coefficient (Wildman–Crippen LogP) is 2.37. The van der Waals surface area contributed by atoms with Gasteiger partial charge in [-0.2, -0.15) is 0 Å². The number of halogens is 1.